The van der Waals surface area contributed by atoms with Crippen molar-refractivity contribution >= 4 is 21.8 Å². The smallest absolute Gasteiger partial charge is 0.120 e. The fourth-order valence-corrected chi connectivity index (χ4v) is 4.39. The van der Waals surface area contributed by atoms with E-state index < -0.39 is 0 Å². The lowest BCUT2D eigenvalue weighted by Crippen LogP contribution is -2.25. The monoisotopic (exact) mass is 439 g/mol. The summed E-state index contributed by atoms with van der Waals surface area (Å²) in [5, 5.41) is 2.44. The first-order valence-corrected chi connectivity index (χ1v) is 12.3. The van der Waals surface area contributed by atoms with Crippen LogP contribution in [0.25, 0.3) is 21.8 Å². The minimum atomic E-state index is 0.744. The van der Waals surface area contributed by atoms with Gasteiger partial charge in [-0.3, -0.25) is 0 Å². The molecule has 32 heavy (non-hydrogen) atoms. The van der Waals surface area contributed by atoms with Gasteiger partial charge in [-0.15, -0.1) is 0 Å². The number of hydrogen-bond acceptors (Lipinski definition) is 4. The maximum absolute atomic E-state index is 6.09. The molecule has 0 saturated heterocycles. The van der Waals surface area contributed by atoms with Crippen LogP contribution < -0.4 is 9.47 Å². The highest BCUT2D eigenvalue weighted by molar-refractivity contribution is 6.08. The Balaban J connectivity index is 1.68. The van der Waals surface area contributed by atoms with Crippen molar-refractivity contribution in [2.75, 3.05) is 52.5 Å². The normalized spacial score (nSPS) is 11.8. The van der Waals surface area contributed by atoms with E-state index in [9.17, 15) is 0 Å². The van der Waals surface area contributed by atoms with Crippen molar-refractivity contribution in [1.82, 2.24) is 14.4 Å². The van der Waals surface area contributed by atoms with Gasteiger partial charge in [-0.05, 0) is 75.4 Å². The molecule has 0 aliphatic carbocycles. The largest absolute Gasteiger partial charge is 0.494 e. The van der Waals surface area contributed by atoms with Gasteiger partial charge in [0.05, 0.1) is 13.2 Å². The maximum Gasteiger partial charge on any atom is 0.120 e. The van der Waals surface area contributed by atoms with E-state index in [1.54, 1.807) is 0 Å². The first-order chi connectivity index (χ1) is 15.6. The van der Waals surface area contributed by atoms with E-state index in [4.69, 9.17) is 9.47 Å². The maximum atomic E-state index is 6.09. The van der Waals surface area contributed by atoms with Gasteiger partial charge in [0.15, 0.2) is 0 Å². The minimum Gasteiger partial charge on any atom is -0.494 e. The van der Waals surface area contributed by atoms with Crippen LogP contribution in [0.15, 0.2) is 36.4 Å². The van der Waals surface area contributed by atoms with Gasteiger partial charge in [-0.1, -0.05) is 27.7 Å². The predicted molar refractivity (Wildman–Crippen MR) is 136 cm³/mol. The molecule has 0 bridgehead atoms. The summed E-state index contributed by atoms with van der Waals surface area (Å²) in [6.45, 7) is 16.9. The molecule has 0 spiro atoms. The molecular formula is C27H41N3O2. The summed E-state index contributed by atoms with van der Waals surface area (Å²) < 4.78 is 14.4. The Morgan fingerprint density at radius 1 is 0.656 bits per heavy atom. The van der Waals surface area contributed by atoms with E-state index in [-0.39, 0.29) is 0 Å². The molecular weight excluding hydrogens is 398 g/mol. The van der Waals surface area contributed by atoms with Gasteiger partial charge in [0, 0.05) is 41.9 Å². The topological polar surface area (TPSA) is 29.9 Å². The van der Waals surface area contributed by atoms with Crippen LogP contribution in [-0.4, -0.2) is 66.8 Å². The number of aromatic nitrogens is 1. The molecule has 5 nitrogen and oxygen atoms in total. The van der Waals surface area contributed by atoms with Crippen molar-refractivity contribution in [2.24, 2.45) is 7.05 Å². The minimum absolute atomic E-state index is 0.744. The molecule has 0 N–H and O–H groups in total. The van der Waals surface area contributed by atoms with E-state index >= 15 is 0 Å². The summed E-state index contributed by atoms with van der Waals surface area (Å²) in [6.07, 6.45) is 2.08. The second-order valence-electron chi connectivity index (χ2n) is 8.37. The lowest BCUT2D eigenvalue weighted by Gasteiger charge is -2.17. The van der Waals surface area contributed by atoms with Crippen LogP contribution in [0, 0.1) is 0 Å². The molecule has 0 amide bonds. The van der Waals surface area contributed by atoms with Crippen LogP contribution in [0.3, 0.4) is 0 Å². The summed E-state index contributed by atoms with van der Waals surface area (Å²) >= 11 is 0. The lowest BCUT2D eigenvalue weighted by atomic mass is 10.1. The lowest BCUT2D eigenvalue weighted by molar-refractivity contribution is 0.249. The molecule has 1 aromatic heterocycles. The highest BCUT2D eigenvalue weighted by Crippen LogP contribution is 2.33. The van der Waals surface area contributed by atoms with Crippen molar-refractivity contribution in [3.63, 3.8) is 0 Å². The number of benzene rings is 2. The van der Waals surface area contributed by atoms with Crippen LogP contribution in [0.5, 0.6) is 11.5 Å². The summed E-state index contributed by atoms with van der Waals surface area (Å²) in [5.74, 6) is 1.88. The first-order valence-electron chi connectivity index (χ1n) is 12.3. The van der Waals surface area contributed by atoms with Crippen molar-refractivity contribution in [3.05, 3.63) is 36.4 Å². The van der Waals surface area contributed by atoms with Crippen molar-refractivity contribution in [2.45, 2.75) is 40.5 Å². The number of rotatable bonds is 14. The fraction of sp³-hybridized carbons (Fsp3) is 0.556. The van der Waals surface area contributed by atoms with Crippen molar-refractivity contribution in [1.29, 1.82) is 0 Å². The molecule has 3 aromatic rings. The van der Waals surface area contributed by atoms with Crippen LogP contribution in [-0.2, 0) is 7.05 Å². The van der Waals surface area contributed by atoms with Crippen LogP contribution in [0.4, 0.5) is 0 Å². The quantitative estimate of drug-likeness (QED) is 0.308. The predicted octanol–water partition coefficient (Wildman–Crippen LogP) is 5.55. The Hall–Kier alpha value is -2.24. The number of ether oxygens (including phenoxy) is 2. The van der Waals surface area contributed by atoms with Gasteiger partial charge in [0.2, 0.25) is 0 Å². The van der Waals surface area contributed by atoms with Gasteiger partial charge in [0.25, 0.3) is 0 Å². The fourth-order valence-electron chi connectivity index (χ4n) is 4.39. The van der Waals surface area contributed by atoms with Crippen LogP contribution in [0.2, 0.25) is 0 Å². The van der Waals surface area contributed by atoms with E-state index in [1.807, 2.05) is 0 Å². The van der Waals surface area contributed by atoms with Crippen LogP contribution in [0.1, 0.15) is 40.5 Å². The molecule has 0 radical (unpaired) electrons. The van der Waals surface area contributed by atoms with E-state index in [0.29, 0.717) is 0 Å². The van der Waals surface area contributed by atoms with Gasteiger partial charge >= 0.3 is 0 Å². The van der Waals surface area contributed by atoms with Gasteiger partial charge in [-0.2, -0.15) is 0 Å². The zero-order valence-electron chi connectivity index (χ0n) is 20.7. The molecule has 1 heterocycles. The average Bonchev–Trinajstić information content (AvgIpc) is 3.10. The van der Waals surface area contributed by atoms with Gasteiger partial charge in [-0.25, -0.2) is 0 Å². The molecule has 2 aromatic carbocycles. The van der Waals surface area contributed by atoms with Crippen molar-refractivity contribution < 1.29 is 9.47 Å². The standard InChI is InChI=1S/C27H41N3O2/c1-6-29(7-2)16-10-18-31-22-12-14-26-24(20-22)25-21-23(13-15-27(25)28(26)5)32-19-11-17-30(8-3)9-4/h12-15,20-21H,6-11,16-19H2,1-5H3. The van der Waals surface area contributed by atoms with Gasteiger partial charge in [0.1, 0.15) is 11.5 Å². The number of nitrogens with zero attached hydrogens (tertiary/aromatic N) is 3. The van der Waals surface area contributed by atoms with Crippen LogP contribution >= 0.6 is 0 Å². The summed E-state index contributed by atoms with van der Waals surface area (Å²) in [7, 11) is 2.12. The SMILES string of the molecule is CCN(CC)CCCOc1ccc2c(c1)c1cc(OCCCN(CC)CC)ccc1n2C. The van der Waals surface area contributed by atoms with E-state index in [1.165, 1.54) is 21.8 Å². The zero-order valence-corrected chi connectivity index (χ0v) is 20.7. The average molecular weight is 440 g/mol. The van der Waals surface area contributed by atoms with E-state index in [0.717, 1.165) is 76.8 Å². The third-order valence-corrected chi connectivity index (χ3v) is 6.51. The molecule has 0 fully saturated rings. The van der Waals surface area contributed by atoms with Crippen molar-refractivity contribution in [3.8, 4) is 11.5 Å². The zero-order chi connectivity index (χ0) is 22.9. The number of fused-ring (bicyclic) bond motifs is 3. The second-order valence-corrected chi connectivity index (χ2v) is 8.37. The Bertz CT molecular complexity index is 897. The first kappa shape index (κ1) is 24.4. The molecule has 5 heteroatoms. The molecule has 3 rings (SSSR count). The third kappa shape index (κ3) is 5.96. The molecule has 0 aliphatic rings. The summed E-state index contributed by atoms with van der Waals surface area (Å²) in [4.78, 5) is 4.86. The third-order valence-electron chi connectivity index (χ3n) is 6.51. The summed E-state index contributed by atoms with van der Waals surface area (Å²) in [5.41, 5.74) is 2.43. The Morgan fingerprint density at radius 2 is 1.06 bits per heavy atom. The highest BCUT2D eigenvalue weighted by Gasteiger charge is 2.11. The molecule has 0 atom stereocenters. The molecule has 0 saturated carbocycles. The number of hydrogen-bond donors (Lipinski definition) is 0. The molecule has 0 unspecified atom stereocenters. The van der Waals surface area contributed by atoms with E-state index in [2.05, 4.69) is 85.5 Å². The van der Waals surface area contributed by atoms with Gasteiger partial charge < -0.3 is 23.8 Å². The highest BCUT2D eigenvalue weighted by atomic mass is 16.5. The summed E-state index contributed by atoms with van der Waals surface area (Å²) in [6, 6.07) is 12.9. The Labute approximate surface area is 193 Å². The Morgan fingerprint density at radius 3 is 1.44 bits per heavy atom. The molecule has 176 valence electrons. The Kier molecular flexibility index (Phi) is 9.24. The number of aryl methyl sites for hydroxylation is 1. The molecule has 0 aliphatic heterocycles. The second kappa shape index (κ2) is 12.1.